The lowest BCUT2D eigenvalue weighted by molar-refractivity contribution is -0.926. The molecule has 0 bridgehead atoms. The molecule has 19 heavy (non-hydrogen) atoms. The van der Waals surface area contributed by atoms with Gasteiger partial charge >= 0.3 is 0 Å². The van der Waals surface area contributed by atoms with Gasteiger partial charge in [0, 0.05) is 6.07 Å². The summed E-state index contributed by atoms with van der Waals surface area (Å²) in [4.78, 5) is 13.3. The molecule has 1 aromatic rings. The molecule has 0 aliphatic carbocycles. The van der Waals surface area contributed by atoms with Gasteiger partial charge in [0.1, 0.15) is 13.1 Å². The highest BCUT2D eigenvalue weighted by atomic mass is 16.6. The van der Waals surface area contributed by atoms with Crippen LogP contribution in [0.5, 0.6) is 0 Å². The SMILES string of the molecule is C[NH+](C)CC[NH+](C)C/C=C/c1ccccc1[N+](=O)[O-]. The van der Waals surface area contributed by atoms with E-state index in [1.54, 1.807) is 12.1 Å². The van der Waals surface area contributed by atoms with Gasteiger partial charge in [-0.1, -0.05) is 12.1 Å². The molecule has 0 fully saturated rings. The molecule has 0 aliphatic heterocycles. The van der Waals surface area contributed by atoms with E-state index in [1.807, 2.05) is 18.2 Å². The Morgan fingerprint density at radius 1 is 1.21 bits per heavy atom. The molecule has 0 saturated heterocycles. The normalized spacial score (nSPS) is 13.1. The van der Waals surface area contributed by atoms with Gasteiger partial charge in [-0.15, -0.1) is 0 Å². The summed E-state index contributed by atoms with van der Waals surface area (Å²) in [6, 6.07) is 6.81. The summed E-state index contributed by atoms with van der Waals surface area (Å²) in [6.45, 7) is 3.08. The van der Waals surface area contributed by atoms with Gasteiger partial charge in [-0.05, 0) is 18.2 Å². The van der Waals surface area contributed by atoms with E-state index < -0.39 is 0 Å². The van der Waals surface area contributed by atoms with E-state index in [4.69, 9.17) is 0 Å². The van der Waals surface area contributed by atoms with Crippen molar-refractivity contribution in [2.45, 2.75) is 0 Å². The fourth-order valence-electron chi connectivity index (χ4n) is 1.75. The number of hydrogen-bond acceptors (Lipinski definition) is 2. The summed E-state index contributed by atoms with van der Waals surface area (Å²) in [5.41, 5.74) is 0.827. The van der Waals surface area contributed by atoms with Gasteiger partial charge in [0.15, 0.2) is 0 Å². The fourth-order valence-corrected chi connectivity index (χ4v) is 1.75. The van der Waals surface area contributed by atoms with E-state index in [0.29, 0.717) is 5.56 Å². The molecule has 0 amide bonds. The van der Waals surface area contributed by atoms with Crippen molar-refractivity contribution in [3.8, 4) is 0 Å². The second kappa shape index (κ2) is 7.66. The summed E-state index contributed by atoms with van der Waals surface area (Å²) in [5.74, 6) is 0. The van der Waals surface area contributed by atoms with Crippen LogP contribution in [0.1, 0.15) is 5.56 Å². The maximum Gasteiger partial charge on any atom is 0.276 e. The molecule has 2 N–H and O–H groups in total. The molecule has 104 valence electrons. The first-order valence-electron chi connectivity index (χ1n) is 6.51. The summed E-state index contributed by atoms with van der Waals surface area (Å²) < 4.78 is 0. The van der Waals surface area contributed by atoms with Crippen molar-refractivity contribution in [2.24, 2.45) is 0 Å². The van der Waals surface area contributed by atoms with E-state index in [0.717, 1.165) is 19.6 Å². The Labute approximate surface area is 114 Å². The van der Waals surface area contributed by atoms with Gasteiger partial charge in [0.05, 0.1) is 38.2 Å². The van der Waals surface area contributed by atoms with Gasteiger partial charge in [-0.25, -0.2) is 0 Å². The fraction of sp³-hybridized carbons (Fsp3) is 0.429. The maximum absolute atomic E-state index is 10.9. The van der Waals surface area contributed by atoms with Crippen LogP contribution in [0.2, 0.25) is 0 Å². The molecule has 1 aromatic carbocycles. The third-order valence-electron chi connectivity index (χ3n) is 2.95. The number of nitrogens with zero attached hydrogens (tertiary/aromatic N) is 1. The second-order valence-corrected chi connectivity index (χ2v) is 5.09. The number of rotatable bonds is 7. The Morgan fingerprint density at radius 3 is 2.53 bits per heavy atom. The first kappa shape index (κ1) is 15.3. The number of nitrogens with one attached hydrogen (secondary N) is 2. The Kier molecular flexibility index (Phi) is 6.18. The zero-order chi connectivity index (χ0) is 14.3. The number of nitro groups is 1. The number of benzene rings is 1. The van der Waals surface area contributed by atoms with Gasteiger partial charge in [-0.2, -0.15) is 0 Å². The molecule has 0 heterocycles. The van der Waals surface area contributed by atoms with Crippen LogP contribution in [-0.4, -0.2) is 45.7 Å². The molecular weight excluding hydrogens is 242 g/mol. The molecule has 1 unspecified atom stereocenters. The lowest BCUT2D eigenvalue weighted by Crippen LogP contribution is -3.16. The van der Waals surface area contributed by atoms with Crippen molar-refractivity contribution in [3.63, 3.8) is 0 Å². The quantitative estimate of drug-likeness (QED) is 0.504. The number of hydrogen-bond donors (Lipinski definition) is 2. The van der Waals surface area contributed by atoms with Crippen LogP contribution in [-0.2, 0) is 0 Å². The second-order valence-electron chi connectivity index (χ2n) is 5.09. The summed E-state index contributed by atoms with van der Waals surface area (Å²) >= 11 is 0. The van der Waals surface area contributed by atoms with Crippen LogP contribution in [0.25, 0.3) is 6.08 Å². The van der Waals surface area contributed by atoms with Crippen molar-refractivity contribution < 1.29 is 14.7 Å². The Morgan fingerprint density at radius 2 is 1.89 bits per heavy atom. The van der Waals surface area contributed by atoms with Crippen LogP contribution in [0.3, 0.4) is 0 Å². The highest BCUT2D eigenvalue weighted by molar-refractivity contribution is 5.60. The maximum atomic E-state index is 10.9. The minimum Gasteiger partial charge on any atom is -0.335 e. The predicted octanol–water partition coefficient (Wildman–Crippen LogP) is -0.733. The number of quaternary nitrogens is 2. The van der Waals surface area contributed by atoms with Gasteiger partial charge in [-0.3, -0.25) is 10.1 Å². The Balaban J connectivity index is 2.55. The van der Waals surface area contributed by atoms with E-state index in [-0.39, 0.29) is 10.6 Å². The number of para-hydroxylation sites is 1. The number of likely N-dealkylation sites (N-methyl/N-ethyl adjacent to an activating group) is 2. The van der Waals surface area contributed by atoms with Crippen molar-refractivity contribution in [2.75, 3.05) is 40.8 Å². The topological polar surface area (TPSA) is 52.0 Å². The molecule has 1 rings (SSSR count). The number of nitro benzene ring substituents is 1. The van der Waals surface area contributed by atoms with Crippen molar-refractivity contribution in [1.29, 1.82) is 0 Å². The average Bonchev–Trinajstić information content (AvgIpc) is 2.36. The zero-order valence-corrected chi connectivity index (χ0v) is 11.8. The molecular formula is C14H23N3O2+2. The summed E-state index contributed by atoms with van der Waals surface area (Å²) in [5, 5.41) is 10.9. The third-order valence-corrected chi connectivity index (χ3v) is 2.95. The summed E-state index contributed by atoms with van der Waals surface area (Å²) in [7, 11) is 6.40. The largest absolute Gasteiger partial charge is 0.335 e. The highest BCUT2D eigenvalue weighted by Gasteiger charge is 2.09. The Hall–Kier alpha value is -1.72. The van der Waals surface area contributed by atoms with Gasteiger partial charge in [0.25, 0.3) is 5.69 Å². The summed E-state index contributed by atoms with van der Waals surface area (Å²) in [6.07, 6.45) is 3.84. The molecule has 0 saturated carbocycles. The molecule has 0 spiro atoms. The van der Waals surface area contributed by atoms with E-state index in [2.05, 4.69) is 21.1 Å². The predicted molar refractivity (Wildman–Crippen MR) is 76.4 cm³/mol. The van der Waals surface area contributed by atoms with E-state index in [1.165, 1.54) is 15.9 Å². The van der Waals surface area contributed by atoms with Crippen molar-refractivity contribution in [1.82, 2.24) is 0 Å². The van der Waals surface area contributed by atoms with Crippen LogP contribution in [0, 0.1) is 10.1 Å². The van der Waals surface area contributed by atoms with Gasteiger partial charge in [0.2, 0.25) is 0 Å². The molecule has 0 aliphatic rings. The standard InChI is InChI=1S/C14H21N3O2/c1-15(2)11-12-16(3)10-6-8-13-7-4-5-9-14(13)17(18)19/h4-9H,10-12H2,1-3H3/p+2/b8-6+. The lowest BCUT2D eigenvalue weighted by Gasteiger charge is -2.13. The van der Waals surface area contributed by atoms with Crippen LogP contribution in [0.4, 0.5) is 5.69 Å². The molecule has 1 atom stereocenters. The van der Waals surface area contributed by atoms with Crippen LogP contribution < -0.4 is 9.80 Å². The smallest absolute Gasteiger partial charge is 0.276 e. The minimum atomic E-state index is -0.342. The first-order chi connectivity index (χ1) is 9.00. The highest BCUT2D eigenvalue weighted by Crippen LogP contribution is 2.18. The third kappa shape index (κ3) is 5.63. The van der Waals surface area contributed by atoms with Crippen molar-refractivity contribution in [3.05, 3.63) is 46.0 Å². The lowest BCUT2D eigenvalue weighted by atomic mass is 10.1. The first-order valence-corrected chi connectivity index (χ1v) is 6.51. The molecule has 5 nitrogen and oxygen atoms in total. The Bertz CT molecular complexity index is 444. The monoisotopic (exact) mass is 265 g/mol. The van der Waals surface area contributed by atoms with Crippen molar-refractivity contribution >= 4 is 11.8 Å². The van der Waals surface area contributed by atoms with E-state index in [9.17, 15) is 10.1 Å². The molecule has 0 radical (unpaired) electrons. The van der Waals surface area contributed by atoms with Crippen LogP contribution in [0.15, 0.2) is 30.3 Å². The van der Waals surface area contributed by atoms with E-state index >= 15 is 0 Å². The van der Waals surface area contributed by atoms with Gasteiger partial charge < -0.3 is 9.80 Å². The molecule has 5 heteroatoms. The zero-order valence-electron chi connectivity index (χ0n) is 11.8. The average molecular weight is 265 g/mol. The van der Waals surface area contributed by atoms with Crippen LogP contribution >= 0.6 is 0 Å². The molecule has 0 aromatic heterocycles. The minimum absolute atomic E-state index is 0.161.